The number of carboxylic acids is 2. The third-order valence-electron chi connectivity index (χ3n) is 5.96. The molecule has 1 saturated heterocycles. The van der Waals surface area contributed by atoms with E-state index in [0.717, 1.165) is 55.1 Å². The van der Waals surface area contributed by atoms with Crippen LogP contribution in [0.15, 0.2) is 36.8 Å². The van der Waals surface area contributed by atoms with Crippen molar-refractivity contribution in [2.24, 2.45) is 7.05 Å². The zero-order chi connectivity index (χ0) is 31.7. The summed E-state index contributed by atoms with van der Waals surface area (Å²) in [5.41, 5.74) is 5.40. The van der Waals surface area contributed by atoms with E-state index in [-0.39, 0.29) is 0 Å². The molecule has 0 radical (unpaired) electrons. The molecule has 3 aromatic heterocycles. The number of nitrogens with zero attached hydrogens (tertiary/aromatic N) is 6. The fourth-order valence-electron chi connectivity index (χ4n) is 3.88. The standard InChI is InChI=1S/C21H27N7.2C2HF3O2/c1-15-20(16(2)27(3)26-15)19-6-10-23-21(25-19)24-18-7-11-28(12-8-18)14-17-5-4-9-22-13-17;2*3-2(4,5)1(6)7/h4-6,9-10,13,18H,7-8,11-12,14H2,1-3H3,(H,23,24,25);2*(H,6,7). The lowest BCUT2D eigenvalue weighted by molar-refractivity contribution is -0.193. The van der Waals surface area contributed by atoms with Crippen molar-refractivity contribution >= 4 is 17.9 Å². The first-order valence-electron chi connectivity index (χ1n) is 12.3. The van der Waals surface area contributed by atoms with E-state index >= 15 is 0 Å². The lowest BCUT2D eigenvalue weighted by Crippen LogP contribution is -2.39. The SMILES string of the molecule is Cc1nn(C)c(C)c1-c1ccnc(NC2CCN(Cc3cccnc3)CC2)n1.O=C(O)C(F)(F)F.O=C(O)C(F)(F)F. The van der Waals surface area contributed by atoms with E-state index in [1.807, 2.05) is 49.4 Å². The summed E-state index contributed by atoms with van der Waals surface area (Å²) in [5.74, 6) is -4.81. The first-order valence-corrected chi connectivity index (χ1v) is 12.3. The van der Waals surface area contributed by atoms with Gasteiger partial charge in [0.05, 0.1) is 11.4 Å². The number of carbonyl (C=O) groups is 2. The van der Waals surface area contributed by atoms with Gasteiger partial charge in [0.15, 0.2) is 0 Å². The molecule has 0 atom stereocenters. The van der Waals surface area contributed by atoms with Crippen molar-refractivity contribution in [3.8, 4) is 11.3 Å². The molecule has 0 saturated carbocycles. The average Bonchev–Trinajstić information content (AvgIpc) is 3.16. The van der Waals surface area contributed by atoms with Crippen LogP contribution in [0.2, 0.25) is 0 Å². The molecule has 230 valence electrons. The number of likely N-dealkylation sites (tertiary alicyclic amines) is 1. The number of aryl methyl sites for hydroxylation is 2. The first kappa shape index (κ1) is 33.9. The second-order valence-corrected chi connectivity index (χ2v) is 9.10. The Kier molecular flexibility index (Phi) is 11.8. The van der Waals surface area contributed by atoms with E-state index in [4.69, 9.17) is 24.8 Å². The van der Waals surface area contributed by atoms with Crippen molar-refractivity contribution < 1.29 is 46.1 Å². The fraction of sp³-hybridized carbons (Fsp3) is 0.440. The Morgan fingerprint density at radius 2 is 1.57 bits per heavy atom. The van der Waals surface area contributed by atoms with Crippen LogP contribution in [-0.2, 0) is 23.2 Å². The monoisotopic (exact) mass is 605 g/mol. The number of alkyl halides is 6. The van der Waals surface area contributed by atoms with E-state index in [1.54, 1.807) is 0 Å². The van der Waals surface area contributed by atoms with Crippen molar-refractivity contribution in [3.05, 3.63) is 53.7 Å². The molecule has 0 bridgehead atoms. The lowest BCUT2D eigenvalue weighted by Gasteiger charge is -2.32. The molecule has 1 aliphatic rings. The van der Waals surface area contributed by atoms with Crippen LogP contribution in [0.3, 0.4) is 0 Å². The number of hydrogen-bond donors (Lipinski definition) is 3. The summed E-state index contributed by atoms with van der Waals surface area (Å²) < 4.78 is 65.4. The third-order valence-corrected chi connectivity index (χ3v) is 5.96. The molecule has 11 nitrogen and oxygen atoms in total. The van der Waals surface area contributed by atoms with Gasteiger partial charge in [-0.3, -0.25) is 14.6 Å². The highest BCUT2D eigenvalue weighted by atomic mass is 19.4. The molecular formula is C25H29F6N7O4. The maximum Gasteiger partial charge on any atom is 0.490 e. The molecule has 0 amide bonds. The quantitative estimate of drug-likeness (QED) is 0.361. The Morgan fingerprint density at radius 1 is 1.00 bits per heavy atom. The van der Waals surface area contributed by atoms with Crippen LogP contribution in [-0.4, -0.2) is 83.3 Å². The Morgan fingerprint density at radius 3 is 2.02 bits per heavy atom. The topological polar surface area (TPSA) is 146 Å². The molecular weight excluding hydrogens is 576 g/mol. The Labute approximate surface area is 236 Å². The molecule has 42 heavy (non-hydrogen) atoms. The zero-order valence-electron chi connectivity index (χ0n) is 22.7. The van der Waals surface area contributed by atoms with Crippen LogP contribution in [0.1, 0.15) is 29.8 Å². The molecule has 3 aromatic rings. The van der Waals surface area contributed by atoms with Crippen molar-refractivity contribution in [1.82, 2.24) is 29.6 Å². The second-order valence-electron chi connectivity index (χ2n) is 9.10. The van der Waals surface area contributed by atoms with Crippen molar-refractivity contribution in [2.75, 3.05) is 18.4 Å². The number of carboxylic acid groups (broad SMARTS) is 2. The van der Waals surface area contributed by atoms with Crippen LogP contribution in [0.5, 0.6) is 0 Å². The molecule has 3 N–H and O–H groups in total. The molecule has 0 aliphatic carbocycles. The maximum atomic E-state index is 10.6. The van der Waals surface area contributed by atoms with Crippen LogP contribution in [0.25, 0.3) is 11.3 Å². The predicted molar refractivity (Wildman–Crippen MR) is 137 cm³/mol. The van der Waals surface area contributed by atoms with Crippen LogP contribution in [0.4, 0.5) is 32.3 Å². The van der Waals surface area contributed by atoms with Gasteiger partial charge in [0.2, 0.25) is 5.95 Å². The summed E-state index contributed by atoms with van der Waals surface area (Å²) in [6, 6.07) is 6.49. The van der Waals surface area contributed by atoms with Gasteiger partial charge in [-0.05, 0) is 44.4 Å². The summed E-state index contributed by atoms with van der Waals surface area (Å²) in [7, 11) is 1.96. The summed E-state index contributed by atoms with van der Waals surface area (Å²) in [6.07, 6.45) is -2.40. The number of aromatic nitrogens is 5. The minimum Gasteiger partial charge on any atom is -0.475 e. The normalized spacial score (nSPS) is 14.2. The number of nitrogens with one attached hydrogen (secondary N) is 1. The number of aliphatic carboxylic acids is 2. The van der Waals surface area contributed by atoms with Gasteiger partial charge in [-0.25, -0.2) is 19.6 Å². The highest BCUT2D eigenvalue weighted by molar-refractivity contribution is 5.73. The van der Waals surface area contributed by atoms with Gasteiger partial charge >= 0.3 is 24.3 Å². The fourth-order valence-corrected chi connectivity index (χ4v) is 3.88. The minimum atomic E-state index is -5.08. The summed E-state index contributed by atoms with van der Waals surface area (Å²) in [6.45, 7) is 7.18. The molecule has 1 fully saturated rings. The van der Waals surface area contributed by atoms with Crippen molar-refractivity contribution in [3.63, 3.8) is 0 Å². The van der Waals surface area contributed by atoms with Gasteiger partial charge in [-0.1, -0.05) is 6.07 Å². The van der Waals surface area contributed by atoms with E-state index in [2.05, 4.69) is 38.3 Å². The summed E-state index contributed by atoms with van der Waals surface area (Å²) >= 11 is 0. The van der Waals surface area contributed by atoms with Gasteiger partial charge in [-0.2, -0.15) is 31.4 Å². The van der Waals surface area contributed by atoms with Gasteiger partial charge in [-0.15, -0.1) is 0 Å². The number of anilines is 1. The predicted octanol–water partition coefficient (Wildman–Crippen LogP) is 4.23. The molecule has 0 aromatic carbocycles. The van der Waals surface area contributed by atoms with Crippen LogP contribution in [0, 0.1) is 13.8 Å². The van der Waals surface area contributed by atoms with Crippen LogP contribution >= 0.6 is 0 Å². The van der Waals surface area contributed by atoms with Gasteiger partial charge in [0.25, 0.3) is 0 Å². The van der Waals surface area contributed by atoms with E-state index < -0.39 is 24.3 Å². The summed E-state index contributed by atoms with van der Waals surface area (Å²) in [4.78, 5) is 33.7. The number of halogens is 6. The average molecular weight is 606 g/mol. The summed E-state index contributed by atoms with van der Waals surface area (Å²) in [5, 5.41) is 22.3. The molecule has 0 unspecified atom stereocenters. The third kappa shape index (κ3) is 10.6. The van der Waals surface area contributed by atoms with Gasteiger partial charge < -0.3 is 15.5 Å². The highest BCUT2D eigenvalue weighted by Gasteiger charge is 2.38. The largest absolute Gasteiger partial charge is 0.490 e. The Bertz CT molecular complexity index is 1300. The molecule has 1 aliphatic heterocycles. The minimum absolute atomic E-state index is 0.400. The number of hydrogen-bond acceptors (Lipinski definition) is 8. The van der Waals surface area contributed by atoms with E-state index in [1.165, 1.54) is 5.56 Å². The van der Waals surface area contributed by atoms with Crippen molar-refractivity contribution in [2.45, 2.75) is 51.6 Å². The number of rotatable bonds is 5. The van der Waals surface area contributed by atoms with E-state index in [9.17, 15) is 26.3 Å². The zero-order valence-corrected chi connectivity index (χ0v) is 22.7. The first-order chi connectivity index (χ1) is 19.5. The Balaban J connectivity index is 0.000000367. The van der Waals surface area contributed by atoms with E-state index in [0.29, 0.717) is 12.0 Å². The van der Waals surface area contributed by atoms with Gasteiger partial charge in [0.1, 0.15) is 0 Å². The number of pyridine rings is 1. The molecule has 0 spiro atoms. The second kappa shape index (κ2) is 14.6. The Hall–Kier alpha value is -4.28. The molecule has 17 heteroatoms. The van der Waals surface area contributed by atoms with Crippen molar-refractivity contribution in [1.29, 1.82) is 0 Å². The number of piperidine rings is 1. The molecule has 4 rings (SSSR count). The van der Waals surface area contributed by atoms with Crippen LogP contribution < -0.4 is 5.32 Å². The van der Waals surface area contributed by atoms with Gasteiger partial charge in [0, 0.05) is 62.6 Å². The maximum absolute atomic E-state index is 10.6. The smallest absolute Gasteiger partial charge is 0.475 e. The highest BCUT2D eigenvalue weighted by Crippen LogP contribution is 2.25. The molecule has 4 heterocycles. The lowest BCUT2D eigenvalue weighted by atomic mass is 10.0.